The molecule has 0 aliphatic heterocycles. The van der Waals surface area contributed by atoms with Crippen LogP contribution in [0.2, 0.25) is 0 Å². The highest BCUT2D eigenvalue weighted by Gasteiger charge is 2.10. The average molecular weight is 216 g/mol. The number of carbonyl (C=O) groups is 2. The molecule has 0 bridgehead atoms. The molecule has 0 amide bonds. The molecule has 0 atom stereocenters. The van der Waals surface area contributed by atoms with Gasteiger partial charge < -0.3 is 9.47 Å². The van der Waals surface area contributed by atoms with Gasteiger partial charge in [-0.25, -0.2) is 0 Å². The Morgan fingerprint density at radius 1 is 1.07 bits per heavy atom. The van der Waals surface area contributed by atoms with Gasteiger partial charge in [0.05, 0.1) is 26.6 Å². The summed E-state index contributed by atoms with van der Waals surface area (Å²) >= 11 is 0. The van der Waals surface area contributed by atoms with E-state index in [4.69, 9.17) is 4.74 Å². The first-order valence-electron chi connectivity index (χ1n) is 5.36. The van der Waals surface area contributed by atoms with E-state index >= 15 is 0 Å². The Balaban J connectivity index is 3.61. The third-order valence-electron chi connectivity index (χ3n) is 2.40. The van der Waals surface area contributed by atoms with Gasteiger partial charge in [0.25, 0.3) is 0 Å². The molecule has 0 N–H and O–H groups in total. The minimum Gasteiger partial charge on any atom is -0.469 e. The number of esters is 2. The zero-order chi connectivity index (χ0) is 11.7. The van der Waals surface area contributed by atoms with Crippen molar-refractivity contribution in [3.8, 4) is 0 Å². The fraction of sp³-hybridized carbons (Fsp3) is 0.818. The number of hydrogen-bond acceptors (Lipinski definition) is 4. The van der Waals surface area contributed by atoms with Crippen molar-refractivity contribution < 1.29 is 19.1 Å². The summed E-state index contributed by atoms with van der Waals surface area (Å²) < 4.78 is 9.46. The minimum absolute atomic E-state index is 0.0955. The molecule has 0 rings (SSSR count). The minimum atomic E-state index is -0.380. The molecular formula is C11H20O4. The predicted octanol–water partition coefficient (Wildman–Crippen LogP) is 1.92. The lowest BCUT2D eigenvalue weighted by Crippen LogP contribution is -2.14. The molecule has 0 heterocycles. The third kappa shape index (κ3) is 6.94. The summed E-state index contributed by atoms with van der Waals surface area (Å²) in [5.74, 6) is -0.283. The summed E-state index contributed by atoms with van der Waals surface area (Å²) in [4.78, 5) is 21.9. The highest BCUT2D eigenvalue weighted by Crippen LogP contribution is 2.08. The Labute approximate surface area is 90.9 Å². The zero-order valence-electron chi connectivity index (χ0n) is 9.75. The standard InChI is InChI=1S/C11H20O4/c1-4-9(5-2)8-15-11(13)7-6-10(12)14-3/h9H,4-8H2,1-3H3. The Morgan fingerprint density at radius 2 is 1.60 bits per heavy atom. The van der Waals surface area contributed by atoms with E-state index in [1.54, 1.807) is 0 Å². The van der Waals surface area contributed by atoms with E-state index in [2.05, 4.69) is 18.6 Å². The largest absolute Gasteiger partial charge is 0.469 e. The Bertz CT molecular complexity index is 197. The van der Waals surface area contributed by atoms with Crippen molar-refractivity contribution in [2.24, 2.45) is 5.92 Å². The summed E-state index contributed by atoms with van der Waals surface area (Å²) in [5, 5.41) is 0. The van der Waals surface area contributed by atoms with Crippen LogP contribution in [0.3, 0.4) is 0 Å². The lowest BCUT2D eigenvalue weighted by Gasteiger charge is -2.12. The monoisotopic (exact) mass is 216 g/mol. The highest BCUT2D eigenvalue weighted by molar-refractivity contribution is 5.77. The van der Waals surface area contributed by atoms with Crippen LogP contribution in [0, 0.1) is 5.92 Å². The van der Waals surface area contributed by atoms with Crippen LogP contribution in [0.25, 0.3) is 0 Å². The number of carbonyl (C=O) groups excluding carboxylic acids is 2. The molecule has 0 spiro atoms. The first kappa shape index (κ1) is 13.9. The second kappa shape index (κ2) is 8.26. The fourth-order valence-electron chi connectivity index (χ4n) is 1.11. The molecule has 0 aliphatic rings. The van der Waals surface area contributed by atoms with Crippen molar-refractivity contribution >= 4 is 11.9 Å². The van der Waals surface area contributed by atoms with Crippen molar-refractivity contribution in [1.29, 1.82) is 0 Å². The van der Waals surface area contributed by atoms with Crippen LogP contribution in [0.15, 0.2) is 0 Å². The third-order valence-corrected chi connectivity index (χ3v) is 2.40. The van der Waals surface area contributed by atoms with Gasteiger partial charge in [-0.05, 0) is 5.92 Å². The zero-order valence-corrected chi connectivity index (χ0v) is 9.75. The smallest absolute Gasteiger partial charge is 0.306 e. The van der Waals surface area contributed by atoms with Crippen molar-refractivity contribution in [3.05, 3.63) is 0 Å². The van der Waals surface area contributed by atoms with Gasteiger partial charge in [0.1, 0.15) is 0 Å². The molecule has 4 heteroatoms. The van der Waals surface area contributed by atoms with Crippen LogP contribution in [-0.4, -0.2) is 25.7 Å². The van der Waals surface area contributed by atoms with Gasteiger partial charge in [-0.1, -0.05) is 26.7 Å². The van der Waals surface area contributed by atoms with Crippen LogP contribution < -0.4 is 0 Å². The van der Waals surface area contributed by atoms with E-state index in [-0.39, 0.29) is 24.8 Å². The number of ether oxygens (including phenoxy) is 2. The molecule has 15 heavy (non-hydrogen) atoms. The highest BCUT2D eigenvalue weighted by atomic mass is 16.5. The summed E-state index contributed by atoms with van der Waals surface area (Å²) in [6, 6.07) is 0. The van der Waals surface area contributed by atoms with E-state index in [0.717, 1.165) is 12.8 Å². The number of hydrogen-bond donors (Lipinski definition) is 0. The van der Waals surface area contributed by atoms with E-state index < -0.39 is 0 Å². The van der Waals surface area contributed by atoms with Crippen molar-refractivity contribution in [1.82, 2.24) is 0 Å². The fourth-order valence-corrected chi connectivity index (χ4v) is 1.11. The molecule has 0 fully saturated rings. The Kier molecular flexibility index (Phi) is 7.68. The summed E-state index contributed by atoms with van der Waals surface area (Å²) in [7, 11) is 1.30. The quantitative estimate of drug-likeness (QED) is 0.610. The molecule has 0 aromatic rings. The van der Waals surface area contributed by atoms with Crippen molar-refractivity contribution in [3.63, 3.8) is 0 Å². The van der Waals surface area contributed by atoms with Gasteiger partial charge in [-0.15, -0.1) is 0 Å². The van der Waals surface area contributed by atoms with E-state index in [1.165, 1.54) is 7.11 Å². The van der Waals surface area contributed by atoms with E-state index in [0.29, 0.717) is 12.5 Å². The van der Waals surface area contributed by atoms with Crippen LogP contribution in [0.4, 0.5) is 0 Å². The Morgan fingerprint density at radius 3 is 2.07 bits per heavy atom. The molecule has 0 saturated heterocycles. The lowest BCUT2D eigenvalue weighted by atomic mass is 10.1. The normalized spacial score (nSPS) is 10.1. The maximum atomic E-state index is 11.2. The summed E-state index contributed by atoms with van der Waals surface area (Å²) in [6.07, 6.45) is 2.20. The summed E-state index contributed by atoms with van der Waals surface area (Å²) in [5.41, 5.74) is 0. The van der Waals surface area contributed by atoms with Crippen LogP contribution >= 0.6 is 0 Å². The van der Waals surface area contributed by atoms with Crippen molar-refractivity contribution in [2.45, 2.75) is 39.5 Å². The molecule has 0 unspecified atom stereocenters. The lowest BCUT2D eigenvalue weighted by molar-refractivity contribution is -0.149. The molecule has 0 aromatic carbocycles. The van der Waals surface area contributed by atoms with Gasteiger partial charge in [0, 0.05) is 0 Å². The van der Waals surface area contributed by atoms with Crippen molar-refractivity contribution in [2.75, 3.05) is 13.7 Å². The van der Waals surface area contributed by atoms with Crippen LogP contribution in [0.5, 0.6) is 0 Å². The predicted molar refractivity (Wildman–Crippen MR) is 56.3 cm³/mol. The second-order valence-corrected chi connectivity index (χ2v) is 3.44. The van der Waals surface area contributed by atoms with E-state index in [1.807, 2.05) is 0 Å². The van der Waals surface area contributed by atoms with Gasteiger partial charge in [-0.2, -0.15) is 0 Å². The molecule has 0 radical (unpaired) electrons. The first-order valence-corrected chi connectivity index (χ1v) is 5.36. The van der Waals surface area contributed by atoms with Gasteiger partial charge in [-0.3, -0.25) is 9.59 Å². The van der Waals surface area contributed by atoms with Gasteiger partial charge in [0.15, 0.2) is 0 Å². The number of rotatable bonds is 7. The SMILES string of the molecule is CCC(CC)COC(=O)CCC(=O)OC. The molecule has 0 aromatic heterocycles. The average Bonchev–Trinajstić information content (AvgIpc) is 2.27. The van der Waals surface area contributed by atoms with Gasteiger partial charge >= 0.3 is 11.9 Å². The molecule has 4 nitrogen and oxygen atoms in total. The molecule has 88 valence electrons. The van der Waals surface area contributed by atoms with Crippen LogP contribution in [-0.2, 0) is 19.1 Å². The Hall–Kier alpha value is -1.06. The first-order chi connectivity index (χ1) is 7.13. The molecular weight excluding hydrogens is 196 g/mol. The van der Waals surface area contributed by atoms with E-state index in [9.17, 15) is 9.59 Å². The summed E-state index contributed by atoms with van der Waals surface area (Å²) in [6.45, 7) is 4.58. The molecule has 0 saturated carbocycles. The van der Waals surface area contributed by atoms with Crippen LogP contribution in [0.1, 0.15) is 39.5 Å². The maximum absolute atomic E-state index is 11.2. The molecule has 0 aliphatic carbocycles. The van der Waals surface area contributed by atoms with Gasteiger partial charge in [0.2, 0.25) is 0 Å². The maximum Gasteiger partial charge on any atom is 0.306 e. The second-order valence-electron chi connectivity index (χ2n) is 3.44. The topological polar surface area (TPSA) is 52.6 Å². The number of methoxy groups -OCH3 is 1.